The maximum absolute atomic E-state index is 12.4. The van der Waals surface area contributed by atoms with Crippen LogP contribution in [0.2, 0.25) is 0 Å². The van der Waals surface area contributed by atoms with Gasteiger partial charge in [-0.3, -0.25) is 14.9 Å². The van der Waals surface area contributed by atoms with Gasteiger partial charge in [0.1, 0.15) is 0 Å². The number of carbonyl (C=O) groups is 2. The smallest absolute Gasteiger partial charge is 0.316 e. The van der Waals surface area contributed by atoms with Crippen molar-refractivity contribution in [2.45, 2.75) is 11.3 Å². The Hall–Kier alpha value is -2.45. The Morgan fingerprint density at radius 2 is 1.96 bits per heavy atom. The van der Waals surface area contributed by atoms with Crippen molar-refractivity contribution in [1.29, 1.82) is 0 Å². The number of benzene rings is 2. The quantitative estimate of drug-likeness (QED) is 0.404. The largest absolute Gasteiger partial charge is 0.465 e. The van der Waals surface area contributed by atoms with Gasteiger partial charge in [0.25, 0.3) is 5.91 Å². The van der Waals surface area contributed by atoms with Gasteiger partial charge in [0.2, 0.25) is 5.13 Å². The zero-order chi connectivity index (χ0) is 17.6. The van der Waals surface area contributed by atoms with E-state index in [9.17, 15) is 9.59 Å². The summed E-state index contributed by atoms with van der Waals surface area (Å²) in [7, 11) is 0. The molecule has 0 aliphatic carbocycles. The average Bonchev–Trinajstić information content (AvgIpc) is 3.07. The number of aromatic nitrogens is 2. The predicted molar refractivity (Wildman–Crippen MR) is 99.2 cm³/mol. The number of carbonyl (C=O) groups excluding carboxylic acids is 2. The Morgan fingerprint density at radius 1 is 1.16 bits per heavy atom. The highest BCUT2D eigenvalue weighted by Gasteiger charge is 2.12. The van der Waals surface area contributed by atoms with Gasteiger partial charge in [-0.05, 0) is 29.8 Å². The topological polar surface area (TPSA) is 81.2 Å². The maximum atomic E-state index is 12.4. The molecule has 1 heterocycles. The SMILES string of the molecule is CCOC(=O)CSc1nnc(NC(=O)c2ccc3ccccc3c2)s1. The Kier molecular flexibility index (Phi) is 5.62. The van der Waals surface area contributed by atoms with E-state index in [4.69, 9.17) is 4.74 Å². The van der Waals surface area contributed by atoms with Crippen molar-refractivity contribution < 1.29 is 14.3 Å². The molecule has 1 N–H and O–H groups in total. The first-order chi connectivity index (χ1) is 12.2. The predicted octanol–water partition coefficient (Wildman–Crippen LogP) is 3.60. The number of thioether (sulfide) groups is 1. The Balaban J connectivity index is 1.63. The van der Waals surface area contributed by atoms with E-state index in [0.717, 1.165) is 10.8 Å². The highest BCUT2D eigenvalue weighted by molar-refractivity contribution is 8.01. The number of ether oxygens (including phenoxy) is 1. The monoisotopic (exact) mass is 373 g/mol. The molecule has 0 saturated heterocycles. The lowest BCUT2D eigenvalue weighted by molar-refractivity contribution is -0.139. The van der Waals surface area contributed by atoms with Crippen LogP contribution in [0, 0.1) is 0 Å². The number of hydrogen-bond acceptors (Lipinski definition) is 7. The van der Waals surface area contributed by atoms with Gasteiger partial charge < -0.3 is 4.74 Å². The van der Waals surface area contributed by atoms with E-state index in [-0.39, 0.29) is 17.6 Å². The summed E-state index contributed by atoms with van der Waals surface area (Å²) in [4.78, 5) is 23.7. The number of fused-ring (bicyclic) bond motifs is 1. The number of nitrogens with one attached hydrogen (secondary N) is 1. The molecule has 128 valence electrons. The molecular weight excluding hydrogens is 358 g/mol. The summed E-state index contributed by atoms with van der Waals surface area (Å²) in [6.07, 6.45) is 0. The first-order valence-electron chi connectivity index (χ1n) is 7.58. The lowest BCUT2D eigenvalue weighted by Gasteiger charge is -2.03. The fourth-order valence-corrected chi connectivity index (χ4v) is 3.69. The highest BCUT2D eigenvalue weighted by Crippen LogP contribution is 2.26. The van der Waals surface area contributed by atoms with Gasteiger partial charge in [-0.1, -0.05) is 53.4 Å². The summed E-state index contributed by atoms with van der Waals surface area (Å²) in [5.41, 5.74) is 0.551. The number of anilines is 1. The molecule has 0 aliphatic heterocycles. The van der Waals surface area contributed by atoms with Crippen molar-refractivity contribution in [3.05, 3.63) is 48.0 Å². The molecule has 3 rings (SSSR count). The fourth-order valence-electron chi connectivity index (χ4n) is 2.14. The fraction of sp³-hybridized carbons (Fsp3) is 0.176. The first kappa shape index (κ1) is 17.4. The minimum absolute atomic E-state index is 0.168. The van der Waals surface area contributed by atoms with Crippen LogP contribution in [0.25, 0.3) is 10.8 Å². The summed E-state index contributed by atoms with van der Waals surface area (Å²) in [5.74, 6) is -0.380. The second-order valence-electron chi connectivity index (χ2n) is 4.98. The van der Waals surface area contributed by atoms with Gasteiger partial charge in [0, 0.05) is 5.56 Å². The Labute approximate surface area is 152 Å². The summed E-state index contributed by atoms with van der Waals surface area (Å²) in [6.45, 7) is 2.11. The van der Waals surface area contributed by atoms with Crippen molar-refractivity contribution in [3.63, 3.8) is 0 Å². The standard InChI is InChI=1S/C17H15N3O3S2/c1-2-23-14(21)10-24-17-20-19-16(25-17)18-15(22)13-8-7-11-5-3-4-6-12(11)9-13/h3-9H,2,10H2,1H3,(H,18,19,22). The summed E-state index contributed by atoms with van der Waals surface area (Å²) >= 11 is 2.45. The van der Waals surface area contributed by atoms with Crippen molar-refractivity contribution in [2.24, 2.45) is 0 Å². The molecule has 0 fully saturated rings. The van der Waals surface area contributed by atoms with E-state index in [1.165, 1.54) is 23.1 Å². The molecule has 0 bridgehead atoms. The van der Waals surface area contributed by atoms with Crippen LogP contribution in [0.4, 0.5) is 5.13 Å². The second kappa shape index (κ2) is 8.09. The van der Waals surface area contributed by atoms with Crippen molar-refractivity contribution in [3.8, 4) is 0 Å². The van der Waals surface area contributed by atoms with E-state index < -0.39 is 0 Å². The van der Waals surface area contributed by atoms with Crippen LogP contribution in [0.5, 0.6) is 0 Å². The summed E-state index contributed by atoms with van der Waals surface area (Å²) in [5, 5.41) is 13.1. The minimum atomic E-state index is -0.301. The number of hydrogen-bond donors (Lipinski definition) is 1. The summed E-state index contributed by atoms with van der Waals surface area (Å²) < 4.78 is 5.45. The van der Waals surface area contributed by atoms with Gasteiger partial charge in [0.15, 0.2) is 4.34 Å². The third-order valence-electron chi connectivity index (χ3n) is 3.26. The van der Waals surface area contributed by atoms with Gasteiger partial charge in [-0.2, -0.15) is 0 Å². The Bertz CT molecular complexity index is 911. The van der Waals surface area contributed by atoms with Crippen LogP contribution in [0.15, 0.2) is 46.8 Å². The number of esters is 1. The van der Waals surface area contributed by atoms with Crippen LogP contribution >= 0.6 is 23.1 Å². The molecule has 2 aromatic carbocycles. The summed E-state index contributed by atoms with van der Waals surface area (Å²) in [6, 6.07) is 13.4. The van der Waals surface area contributed by atoms with Gasteiger partial charge in [0.05, 0.1) is 12.4 Å². The number of rotatable bonds is 6. The molecule has 0 aliphatic rings. The van der Waals surface area contributed by atoms with E-state index in [2.05, 4.69) is 15.5 Å². The molecule has 8 heteroatoms. The van der Waals surface area contributed by atoms with Crippen molar-refractivity contribution >= 4 is 50.9 Å². The third kappa shape index (κ3) is 4.55. The van der Waals surface area contributed by atoms with E-state index in [0.29, 0.717) is 21.6 Å². The number of nitrogens with zero attached hydrogens (tertiary/aromatic N) is 2. The number of amides is 1. The molecule has 6 nitrogen and oxygen atoms in total. The van der Waals surface area contributed by atoms with Crippen LogP contribution in [-0.2, 0) is 9.53 Å². The van der Waals surface area contributed by atoms with Crippen molar-refractivity contribution in [1.82, 2.24) is 10.2 Å². The second-order valence-corrected chi connectivity index (χ2v) is 7.18. The van der Waals surface area contributed by atoms with Crippen LogP contribution < -0.4 is 5.32 Å². The van der Waals surface area contributed by atoms with E-state index in [1.807, 2.05) is 36.4 Å². The molecule has 1 amide bonds. The van der Waals surface area contributed by atoms with Gasteiger partial charge in [-0.15, -0.1) is 10.2 Å². The average molecular weight is 373 g/mol. The zero-order valence-electron chi connectivity index (χ0n) is 13.4. The van der Waals surface area contributed by atoms with Crippen molar-refractivity contribution in [2.75, 3.05) is 17.7 Å². The molecule has 0 unspecified atom stereocenters. The van der Waals surface area contributed by atoms with E-state index in [1.54, 1.807) is 13.0 Å². The highest BCUT2D eigenvalue weighted by atomic mass is 32.2. The molecule has 0 atom stereocenters. The molecule has 0 spiro atoms. The molecule has 0 radical (unpaired) electrons. The maximum Gasteiger partial charge on any atom is 0.316 e. The normalized spacial score (nSPS) is 10.6. The molecule has 0 saturated carbocycles. The van der Waals surface area contributed by atoms with Crippen LogP contribution in [-0.4, -0.2) is 34.4 Å². The molecule has 3 aromatic rings. The lowest BCUT2D eigenvalue weighted by Crippen LogP contribution is -2.11. The minimum Gasteiger partial charge on any atom is -0.465 e. The Morgan fingerprint density at radius 3 is 2.76 bits per heavy atom. The molecule has 25 heavy (non-hydrogen) atoms. The van der Waals surface area contributed by atoms with Crippen LogP contribution in [0.1, 0.15) is 17.3 Å². The van der Waals surface area contributed by atoms with Gasteiger partial charge >= 0.3 is 5.97 Å². The molecule has 1 aromatic heterocycles. The van der Waals surface area contributed by atoms with Gasteiger partial charge in [-0.25, -0.2) is 0 Å². The zero-order valence-corrected chi connectivity index (χ0v) is 15.0. The lowest BCUT2D eigenvalue weighted by atomic mass is 10.1. The van der Waals surface area contributed by atoms with Crippen LogP contribution in [0.3, 0.4) is 0 Å². The van der Waals surface area contributed by atoms with E-state index >= 15 is 0 Å². The molecular formula is C17H15N3O3S2. The first-order valence-corrected chi connectivity index (χ1v) is 9.38. The third-order valence-corrected chi connectivity index (χ3v) is 5.20.